The van der Waals surface area contributed by atoms with Crippen LogP contribution in [0.25, 0.3) is 0 Å². The molecule has 114 valence electrons. The van der Waals surface area contributed by atoms with Gasteiger partial charge in [0.05, 0.1) is 0 Å². The van der Waals surface area contributed by atoms with Gasteiger partial charge in [-0.2, -0.15) is 0 Å². The summed E-state index contributed by atoms with van der Waals surface area (Å²) in [6.07, 6.45) is 2.11. The average Bonchev–Trinajstić information content (AvgIpc) is 2.51. The Kier molecular flexibility index (Phi) is 4.73. The smallest absolute Gasteiger partial charge is 0.322 e. The van der Waals surface area contributed by atoms with E-state index in [4.69, 9.17) is 5.11 Å². The molecule has 0 bridgehead atoms. The number of benzene rings is 1. The Balaban J connectivity index is 2.21. The fourth-order valence-electron chi connectivity index (χ4n) is 2.03. The van der Waals surface area contributed by atoms with E-state index in [1.165, 1.54) is 6.20 Å². The lowest BCUT2D eigenvalue weighted by Crippen LogP contribution is -2.30. The number of carboxylic acid groups (broad SMARTS) is 1. The molecule has 0 saturated carbocycles. The number of nitrogens with one attached hydrogen (secondary N) is 1. The average molecular weight is 300 g/mol. The second-order valence-corrected chi connectivity index (χ2v) is 4.84. The Bertz CT molecular complexity index is 699. The van der Waals surface area contributed by atoms with Crippen LogP contribution in [0.15, 0.2) is 36.5 Å². The monoisotopic (exact) mass is 300 g/mol. The van der Waals surface area contributed by atoms with Crippen LogP contribution in [0.5, 0.6) is 5.75 Å². The first-order valence-electron chi connectivity index (χ1n) is 6.70. The lowest BCUT2D eigenvalue weighted by Gasteiger charge is -2.11. The highest BCUT2D eigenvalue weighted by Gasteiger charge is 2.17. The highest BCUT2D eigenvalue weighted by Crippen LogP contribution is 2.25. The van der Waals surface area contributed by atoms with E-state index in [9.17, 15) is 14.7 Å². The summed E-state index contributed by atoms with van der Waals surface area (Å²) in [6, 6.07) is 9.69. The minimum atomic E-state index is -1.16. The zero-order valence-corrected chi connectivity index (χ0v) is 12.0. The minimum absolute atomic E-state index is 0.171. The van der Waals surface area contributed by atoms with Crippen molar-refractivity contribution in [1.82, 2.24) is 10.3 Å². The fraction of sp³-hybridized carbons (Fsp3) is 0.188. The van der Waals surface area contributed by atoms with Gasteiger partial charge in [0.1, 0.15) is 12.3 Å². The first-order valence-corrected chi connectivity index (χ1v) is 6.70. The topological polar surface area (TPSA) is 99.5 Å². The quantitative estimate of drug-likeness (QED) is 0.777. The fourth-order valence-corrected chi connectivity index (χ4v) is 2.03. The van der Waals surface area contributed by atoms with Crippen LogP contribution in [-0.2, 0) is 11.2 Å². The van der Waals surface area contributed by atoms with Crippen LogP contribution in [0.4, 0.5) is 0 Å². The largest absolute Gasteiger partial charge is 0.505 e. The Hall–Kier alpha value is -2.89. The molecular weight excluding hydrogens is 284 g/mol. The van der Waals surface area contributed by atoms with Gasteiger partial charge in [-0.1, -0.05) is 30.3 Å². The summed E-state index contributed by atoms with van der Waals surface area (Å²) in [5, 5.41) is 20.8. The van der Waals surface area contributed by atoms with E-state index in [0.717, 1.165) is 11.1 Å². The molecule has 0 fully saturated rings. The maximum absolute atomic E-state index is 11.8. The van der Waals surface area contributed by atoms with Crippen LogP contribution in [-0.4, -0.2) is 33.6 Å². The molecule has 22 heavy (non-hydrogen) atoms. The summed E-state index contributed by atoms with van der Waals surface area (Å²) in [5.74, 6) is -2.10. The van der Waals surface area contributed by atoms with Gasteiger partial charge in [0, 0.05) is 6.20 Å². The SMILES string of the molecule is Cc1c(Cc2ccccc2)cnc(C(=O)NCC(=O)O)c1O. The van der Waals surface area contributed by atoms with Crippen molar-refractivity contribution < 1.29 is 19.8 Å². The zero-order chi connectivity index (χ0) is 16.1. The highest BCUT2D eigenvalue weighted by atomic mass is 16.4. The third-order valence-electron chi connectivity index (χ3n) is 3.26. The number of aliphatic carboxylic acids is 1. The van der Waals surface area contributed by atoms with Crippen molar-refractivity contribution in [2.24, 2.45) is 0 Å². The van der Waals surface area contributed by atoms with E-state index in [-0.39, 0.29) is 11.4 Å². The Labute approximate surface area is 127 Å². The Morgan fingerprint density at radius 2 is 1.91 bits per heavy atom. The van der Waals surface area contributed by atoms with E-state index in [1.807, 2.05) is 30.3 Å². The zero-order valence-electron chi connectivity index (χ0n) is 12.0. The molecule has 0 aliphatic carbocycles. The molecule has 1 amide bonds. The van der Waals surface area contributed by atoms with Gasteiger partial charge in [-0.05, 0) is 30.0 Å². The summed E-state index contributed by atoms with van der Waals surface area (Å²) >= 11 is 0. The number of rotatable bonds is 5. The van der Waals surface area contributed by atoms with Gasteiger partial charge >= 0.3 is 5.97 Å². The maximum Gasteiger partial charge on any atom is 0.322 e. The van der Waals surface area contributed by atoms with Crippen LogP contribution in [0, 0.1) is 6.92 Å². The third kappa shape index (κ3) is 3.60. The van der Waals surface area contributed by atoms with E-state index in [1.54, 1.807) is 6.92 Å². The van der Waals surface area contributed by atoms with E-state index >= 15 is 0 Å². The van der Waals surface area contributed by atoms with Crippen molar-refractivity contribution in [3.8, 4) is 5.75 Å². The lowest BCUT2D eigenvalue weighted by molar-refractivity contribution is -0.135. The molecule has 0 atom stereocenters. The number of carbonyl (C=O) groups is 2. The minimum Gasteiger partial charge on any atom is -0.505 e. The first-order chi connectivity index (χ1) is 10.5. The van der Waals surface area contributed by atoms with Crippen molar-refractivity contribution in [3.05, 3.63) is 58.9 Å². The molecular formula is C16H16N2O4. The van der Waals surface area contributed by atoms with Crippen molar-refractivity contribution in [1.29, 1.82) is 0 Å². The van der Waals surface area contributed by atoms with Crippen LogP contribution >= 0.6 is 0 Å². The van der Waals surface area contributed by atoms with E-state index < -0.39 is 18.4 Å². The Morgan fingerprint density at radius 1 is 1.23 bits per heavy atom. The molecule has 3 N–H and O–H groups in total. The standard InChI is InChI=1S/C16H16N2O4/c1-10-12(7-11-5-3-2-4-6-11)8-17-14(15(10)21)16(22)18-9-13(19)20/h2-6,8,21H,7,9H2,1H3,(H,18,22)(H,19,20). The summed E-state index contributed by atoms with van der Waals surface area (Å²) in [7, 11) is 0. The van der Waals surface area contributed by atoms with Crippen LogP contribution in [0.1, 0.15) is 27.2 Å². The first kappa shape index (κ1) is 15.5. The molecule has 1 aromatic heterocycles. The number of pyridine rings is 1. The van der Waals surface area contributed by atoms with Crippen molar-refractivity contribution in [3.63, 3.8) is 0 Å². The number of hydrogen-bond acceptors (Lipinski definition) is 4. The maximum atomic E-state index is 11.8. The van der Waals surface area contributed by atoms with Gasteiger partial charge < -0.3 is 15.5 Å². The second-order valence-electron chi connectivity index (χ2n) is 4.84. The van der Waals surface area contributed by atoms with Crippen molar-refractivity contribution in [2.75, 3.05) is 6.54 Å². The predicted molar refractivity (Wildman–Crippen MR) is 79.9 cm³/mol. The van der Waals surface area contributed by atoms with Crippen LogP contribution in [0.3, 0.4) is 0 Å². The molecule has 6 heteroatoms. The van der Waals surface area contributed by atoms with Gasteiger partial charge in [0.25, 0.3) is 5.91 Å². The normalized spacial score (nSPS) is 10.2. The summed E-state index contributed by atoms with van der Waals surface area (Å²) < 4.78 is 0. The molecule has 2 aromatic rings. The molecule has 0 spiro atoms. The van der Waals surface area contributed by atoms with Crippen LogP contribution in [0.2, 0.25) is 0 Å². The summed E-state index contributed by atoms with van der Waals surface area (Å²) in [4.78, 5) is 26.2. The number of hydrogen-bond donors (Lipinski definition) is 3. The number of carbonyl (C=O) groups excluding carboxylic acids is 1. The third-order valence-corrected chi connectivity index (χ3v) is 3.26. The number of aromatic nitrogens is 1. The van der Waals surface area contributed by atoms with Crippen molar-refractivity contribution >= 4 is 11.9 Å². The molecule has 0 radical (unpaired) electrons. The molecule has 0 saturated heterocycles. The van der Waals surface area contributed by atoms with Gasteiger partial charge in [0.2, 0.25) is 0 Å². The molecule has 2 rings (SSSR count). The number of amides is 1. The molecule has 0 unspecified atom stereocenters. The van der Waals surface area contributed by atoms with Crippen molar-refractivity contribution in [2.45, 2.75) is 13.3 Å². The van der Waals surface area contributed by atoms with Gasteiger partial charge in [-0.25, -0.2) is 4.98 Å². The van der Waals surface area contributed by atoms with Gasteiger partial charge in [-0.15, -0.1) is 0 Å². The summed E-state index contributed by atoms with van der Waals surface area (Å²) in [5.41, 5.74) is 2.25. The molecule has 1 aromatic carbocycles. The number of aromatic hydroxyl groups is 1. The van der Waals surface area contributed by atoms with Crippen LogP contribution < -0.4 is 5.32 Å². The molecule has 6 nitrogen and oxygen atoms in total. The van der Waals surface area contributed by atoms with Gasteiger partial charge in [0.15, 0.2) is 5.69 Å². The van der Waals surface area contributed by atoms with E-state index in [2.05, 4.69) is 10.3 Å². The summed E-state index contributed by atoms with van der Waals surface area (Å²) in [6.45, 7) is 1.17. The van der Waals surface area contributed by atoms with Gasteiger partial charge in [-0.3, -0.25) is 9.59 Å². The highest BCUT2D eigenvalue weighted by molar-refractivity contribution is 5.96. The van der Waals surface area contributed by atoms with E-state index in [0.29, 0.717) is 12.0 Å². The lowest BCUT2D eigenvalue weighted by atomic mass is 10.0. The number of carboxylic acids is 1. The molecule has 0 aliphatic heterocycles. The second kappa shape index (κ2) is 6.71. The number of nitrogens with zero attached hydrogens (tertiary/aromatic N) is 1. The predicted octanol–water partition coefficient (Wildman–Crippen LogP) is 1.50. The Morgan fingerprint density at radius 3 is 2.55 bits per heavy atom. The molecule has 1 heterocycles. The molecule has 0 aliphatic rings.